The molecule has 0 saturated carbocycles. The third-order valence-electron chi connectivity index (χ3n) is 3.13. The molecule has 1 amide bonds. The van der Waals surface area contributed by atoms with Crippen molar-refractivity contribution in [1.82, 2.24) is 10.4 Å². The number of aromatic nitrogens is 1. The fourth-order valence-electron chi connectivity index (χ4n) is 1.83. The largest absolute Gasteiger partial charge is 0.483 e. The molecule has 1 N–H and O–H groups in total. The Hall–Kier alpha value is -2.69. The number of carbonyl (C=O) groups excluding carboxylic acids is 1. The van der Waals surface area contributed by atoms with Crippen molar-refractivity contribution in [3.63, 3.8) is 0 Å². The van der Waals surface area contributed by atoms with Gasteiger partial charge in [-0.15, -0.1) is 0 Å². The lowest BCUT2D eigenvalue weighted by molar-refractivity contribution is -0.123. The SMILES string of the molecule is C/C(=N/NC(=O)COc1cc(C)ccc1C)c1cccnc1. The van der Waals surface area contributed by atoms with Gasteiger partial charge in [0.15, 0.2) is 6.61 Å². The number of rotatable bonds is 5. The summed E-state index contributed by atoms with van der Waals surface area (Å²) in [7, 11) is 0. The number of benzene rings is 1. The predicted octanol–water partition coefficient (Wildman–Crippen LogP) is 2.62. The zero-order valence-electron chi connectivity index (χ0n) is 13.0. The molecule has 0 radical (unpaired) electrons. The van der Waals surface area contributed by atoms with Gasteiger partial charge in [-0.1, -0.05) is 18.2 Å². The second kappa shape index (κ2) is 7.36. The van der Waals surface area contributed by atoms with Crippen molar-refractivity contribution in [1.29, 1.82) is 0 Å². The van der Waals surface area contributed by atoms with E-state index in [-0.39, 0.29) is 12.5 Å². The lowest BCUT2D eigenvalue weighted by Gasteiger charge is -2.09. The van der Waals surface area contributed by atoms with Gasteiger partial charge < -0.3 is 4.74 Å². The zero-order chi connectivity index (χ0) is 15.9. The second-order valence-electron chi connectivity index (χ2n) is 5.03. The molecule has 1 aromatic carbocycles. The third-order valence-corrected chi connectivity index (χ3v) is 3.13. The highest BCUT2D eigenvalue weighted by atomic mass is 16.5. The first-order valence-electron chi connectivity index (χ1n) is 7.00. The fourth-order valence-corrected chi connectivity index (χ4v) is 1.83. The number of hydrogen-bond acceptors (Lipinski definition) is 4. The van der Waals surface area contributed by atoms with Crippen LogP contribution in [0.2, 0.25) is 0 Å². The number of hydrazone groups is 1. The van der Waals surface area contributed by atoms with E-state index in [1.54, 1.807) is 12.4 Å². The van der Waals surface area contributed by atoms with Crippen LogP contribution in [0.3, 0.4) is 0 Å². The highest BCUT2D eigenvalue weighted by Crippen LogP contribution is 2.18. The second-order valence-corrected chi connectivity index (χ2v) is 5.03. The molecule has 1 heterocycles. The van der Waals surface area contributed by atoms with Crippen molar-refractivity contribution in [2.24, 2.45) is 5.10 Å². The van der Waals surface area contributed by atoms with E-state index in [0.717, 1.165) is 16.7 Å². The summed E-state index contributed by atoms with van der Waals surface area (Å²) in [6.07, 6.45) is 3.38. The average Bonchev–Trinajstić information content (AvgIpc) is 2.54. The molecule has 0 atom stereocenters. The monoisotopic (exact) mass is 297 g/mol. The van der Waals surface area contributed by atoms with Crippen LogP contribution >= 0.6 is 0 Å². The standard InChI is InChI=1S/C17H19N3O2/c1-12-6-7-13(2)16(9-12)22-11-17(21)20-19-14(3)15-5-4-8-18-10-15/h4-10H,11H2,1-3H3,(H,20,21)/b19-14-. The molecule has 2 rings (SSSR count). The summed E-state index contributed by atoms with van der Waals surface area (Å²) in [6, 6.07) is 9.58. The molecule has 0 unspecified atom stereocenters. The summed E-state index contributed by atoms with van der Waals surface area (Å²) < 4.78 is 5.52. The van der Waals surface area contributed by atoms with E-state index in [1.807, 2.05) is 51.1 Å². The molecule has 0 aliphatic rings. The zero-order valence-corrected chi connectivity index (χ0v) is 13.0. The van der Waals surface area contributed by atoms with Crippen LogP contribution in [-0.2, 0) is 4.79 Å². The highest BCUT2D eigenvalue weighted by molar-refractivity contribution is 5.98. The fraction of sp³-hybridized carbons (Fsp3) is 0.235. The summed E-state index contributed by atoms with van der Waals surface area (Å²) in [6.45, 7) is 5.66. The summed E-state index contributed by atoms with van der Waals surface area (Å²) in [5.41, 5.74) is 6.11. The van der Waals surface area contributed by atoms with Crippen LogP contribution in [0.4, 0.5) is 0 Å². The number of aryl methyl sites for hydroxylation is 2. The van der Waals surface area contributed by atoms with Gasteiger partial charge in [-0.2, -0.15) is 5.10 Å². The van der Waals surface area contributed by atoms with E-state index in [9.17, 15) is 4.79 Å². The third kappa shape index (κ3) is 4.41. The Morgan fingerprint density at radius 1 is 1.32 bits per heavy atom. The van der Waals surface area contributed by atoms with Crippen LogP contribution in [-0.4, -0.2) is 23.2 Å². The molecule has 2 aromatic rings. The molecule has 0 aliphatic heterocycles. The predicted molar refractivity (Wildman–Crippen MR) is 86.0 cm³/mol. The van der Waals surface area contributed by atoms with Crippen molar-refractivity contribution >= 4 is 11.6 Å². The molecular formula is C17H19N3O2. The van der Waals surface area contributed by atoms with Crippen LogP contribution in [0.15, 0.2) is 47.8 Å². The summed E-state index contributed by atoms with van der Waals surface area (Å²) in [4.78, 5) is 15.8. The molecule has 0 spiro atoms. The molecule has 0 saturated heterocycles. The lowest BCUT2D eigenvalue weighted by Crippen LogP contribution is -2.25. The van der Waals surface area contributed by atoms with Gasteiger partial charge in [0.2, 0.25) is 0 Å². The Morgan fingerprint density at radius 2 is 2.14 bits per heavy atom. The maximum absolute atomic E-state index is 11.8. The molecule has 5 heteroatoms. The van der Waals surface area contributed by atoms with E-state index in [1.165, 1.54) is 0 Å². The molecule has 1 aromatic heterocycles. The van der Waals surface area contributed by atoms with Crippen LogP contribution < -0.4 is 10.2 Å². The first kappa shape index (κ1) is 15.7. The smallest absolute Gasteiger partial charge is 0.277 e. The van der Waals surface area contributed by atoms with E-state index in [0.29, 0.717) is 11.5 Å². The quantitative estimate of drug-likeness (QED) is 0.681. The normalized spacial score (nSPS) is 11.1. The van der Waals surface area contributed by atoms with Crippen molar-refractivity contribution in [2.75, 3.05) is 6.61 Å². The minimum atomic E-state index is -0.302. The molecular weight excluding hydrogens is 278 g/mol. The number of ether oxygens (including phenoxy) is 1. The summed E-state index contributed by atoms with van der Waals surface area (Å²) in [5.74, 6) is 0.409. The summed E-state index contributed by atoms with van der Waals surface area (Å²) in [5, 5.41) is 4.04. The Bertz CT molecular complexity index is 682. The number of hydrogen-bond donors (Lipinski definition) is 1. The van der Waals surface area contributed by atoms with Crippen molar-refractivity contribution in [2.45, 2.75) is 20.8 Å². The van der Waals surface area contributed by atoms with Gasteiger partial charge >= 0.3 is 0 Å². The van der Waals surface area contributed by atoms with Gasteiger partial charge in [-0.25, -0.2) is 5.43 Å². The average molecular weight is 297 g/mol. The van der Waals surface area contributed by atoms with Crippen molar-refractivity contribution in [3.8, 4) is 5.75 Å². The topological polar surface area (TPSA) is 63.6 Å². The molecule has 0 bridgehead atoms. The number of carbonyl (C=O) groups is 1. The minimum Gasteiger partial charge on any atom is -0.483 e. The van der Waals surface area contributed by atoms with E-state index >= 15 is 0 Å². The molecule has 114 valence electrons. The molecule has 5 nitrogen and oxygen atoms in total. The molecule has 0 aliphatic carbocycles. The Morgan fingerprint density at radius 3 is 2.86 bits per heavy atom. The Labute approximate surface area is 130 Å². The van der Waals surface area contributed by atoms with Crippen LogP contribution in [0, 0.1) is 13.8 Å². The number of nitrogens with zero attached hydrogens (tertiary/aromatic N) is 2. The first-order valence-corrected chi connectivity index (χ1v) is 7.00. The Balaban J connectivity index is 1.89. The van der Waals surface area contributed by atoms with Crippen LogP contribution in [0.5, 0.6) is 5.75 Å². The molecule has 0 fully saturated rings. The van der Waals surface area contributed by atoms with E-state index < -0.39 is 0 Å². The lowest BCUT2D eigenvalue weighted by atomic mass is 10.1. The van der Waals surface area contributed by atoms with Gasteiger partial charge in [0.1, 0.15) is 5.75 Å². The van der Waals surface area contributed by atoms with Crippen LogP contribution in [0.1, 0.15) is 23.6 Å². The maximum Gasteiger partial charge on any atom is 0.277 e. The van der Waals surface area contributed by atoms with Gasteiger partial charge in [0.25, 0.3) is 5.91 Å². The van der Waals surface area contributed by atoms with Gasteiger partial charge in [-0.3, -0.25) is 9.78 Å². The molecule has 22 heavy (non-hydrogen) atoms. The number of amides is 1. The van der Waals surface area contributed by atoms with E-state index in [2.05, 4.69) is 15.5 Å². The number of pyridine rings is 1. The minimum absolute atomic E-state index is 0.0753. The van der Waals surface area contributed by atoms with Crippen molar-refractivity contribution < 1.29 is 9.53 Å². The first-order chi connectivity index (χ1) is 10.6. The van der Waals surface area contributed by atoms with Gasteiger partial charge in [-0.05, 0) is 44.0 Å². The number of nitrogens with one attached hydrogen (secondary N) is 1. The highest BCUT2D eigenvalue weighted by Gasteiger charge is 2.05. The summed E-state index contributed by atoms with van der Waals surface area (Å²) >= 11 is 0. The van der Waals surface area contributed by atoms with Gasteiger partial charge in [0.05, 0.1) is 5.71 Å². The van der Waals surface area contributed by atoms with E-state index in [4.69, 9.17) is 4.74 Å². The van der Waals surface area contributed by atoms with Gasteiger partial charge in [0, 0.05) is 18.0 Å². The van der Waals surface area contributed by atoms with Crippen LogP contribution in [0.25, 0.3) is 0 Å². The Kier molecular flexibility index (Phi) is 5.25. The maximum atomic E-state index is 11.8. The van der Waals surface area contributed by atoms with Crippen molar-refractivity contribution in [3.05, 3.63) is 59.4 Å².